The van der Waals surface area contributed by atoms with E-state index < -0.39 is 0 Å². The van der Waals surface area contributed by atoms with Crippen LogP contribution in [0, 0.1) is 0 Å². The summed E-state index contributed by atoms with van der Waals surface area (Å²) in [6, 6.07) is 7.18. The van der Waals surface area contributed by atoms with E-state index in [1.807, 2.05) is 12.1 Å². The van der Waals surface area contributed by atoms with Crippen LogP contribution in [-0.2, 0) is 9.59 Å². The average molecular weight is 325 g/mol. The Hall–Kier alpha value is -1.63. The van der Waals surface area contributed by atoms with E-state index in [0.29, 0.717) is 23.8 Å². The molecule has 6 nitrogen and oxygen atoms in total. The number of hydrogen-bond donors (Lipinski definition) is 2. The van der Waals surface area contributed by atoms with Gasteiger partial charge in [0, 0.05) is 33.2 Å². The summed E-state index contributed by atoms with van der Waals surface area (Å²) in [6.45, 7) is 3.86. The second-order valence-electron chi connectivity index (χ2n) is 5.25. The number of anilines is 1. The number of nitrogens with one attached hydrogen (secondary N) is 2. The summed E-state index contributed by atoms with van der Waals surface area (Å²) in [5, 5.41) is 5.97. The number of piperazine rings is 1. The first-order chi connectivity index (χ1) is 10.6. The molecule has 2 rings (SSSR count). The van der Waals surface area contributed by atoms with Crippen LogP contribution in [0.5, 0.6) is 0 Å². The van der Waals surface area contributed by atoms with Gasteiger partial charge < -0.3 is 10.6 Å². The summed E-state index contributed by atoms with van der Waals surface area (Å²) in [7, 11) is 1.64. The summed E-state index contributed by atoms with van der Waals surface area (Å²) in [4.78, 5) is 27.5. The van der Waals surface area contributed by atoms with Crippen LogP contribution < -0.4 is 10.6 Å². The van der Waals surface area contributed by atoms with E-state index in [1.165, 1.54) is 0 Å². The van der Waals surface area contributed by atoms with E-state index in [9.17, 15) is 9.59 Å². The van der Waals surface area contributed by atoms with Crippen molar-refractivity contribution < 1.29 is 9.59 Å². The van der Waals surface area contributed by atoms with E-state index in [-0.39, 0.29) is 11.8 Å². The van der Waals surface area contributed by atoms with Gasteiger partial charge in [-0.15, -0.1) is 0 Å². The van der Waals surface area contributed by atoms with Crippen molar-refractivity contribution in [3.8, 4) is 0 Å². The molecule has 0 saturated carbocycles. The molecule has 0 bridgehead atoms. The molecule has 0 atom stereocenters. The smallest absolute Gasteiger partial charge is 0.238 e. The van der Waals surface area contributed by atoms with Crippen LogP contribution in [-0.4, -0.2) is 67.9 Å². The molecule has 0 radical (unpaired) electrons. The van der Waals surface area contributed by atoms with Gasteiger partial charge in [0.2, 0.25) is 11.8 Å². The van der Waals surface area contributed by atoms with Gasteiger partial charge in [-0.25, -0.2) is 0 Å². The lowest BCUT2D eigenvalue weighted by Gasteiger charge is -2.33. The second kappa shape index (κ2) is 8.12. The van der Waals surface area contributed by atoms with Gasteiger partial charge in [-0.05, 0) is 12.1 Å². The van der Waals surface area contributed by atoms with Gasteiger partial charge in [-0.1, -0.05) is 23.7 Å². The standard InChI is InChI=1S/C15H21ClN4O2/c1-17-14(21)10-19-6-8-20(9-7-19)11-15(22)18-13-5-3-2-4-12(13)16/h2-5H,6-11H2,1H3,(H,17,21)(H,18,22). The van der Waals surface area contributed by atoms with Crippen molar-refractivity contribution in [3.05, 3.63) is 29.3 Å². The zero-order valence-electron chi connectivity index (χ0n) is 12.6. The highest BCUT2D eigenvalue weighted by molar-refractivity contribution is 6.33. The van der Waals surface area contributed by atoms with Crippen molar-refractivity contribution in [2.24, 2.45) is 0 Å². The van der Waals surface area contributed by atoms with E-state index in [2.05, 4.69) is 20.4 Å². The third-order valence-corrected chi connectivity index (χ3v) is 3.96. The Morgan fingerprint density at radius 1 is 1.05 bits per heavy atom. The summed E-state index contributed by atoms with van der Waals surface area (Å²) >= 11 is 6.02. The van der Waals surface area contributed by atoms with E-state index >= 15 is 0 Å². The summed E-state index contributed by atoms with van der Waals surface area (Å²) in [5.74, 6) is -0.0576. The highest BCUT2D eigenvalue weighted by Crippen LogP contribution is 2.20. The van der Waals surface area contributed by atoms with Crippen LogP contribution in [0.25, 0.3) is 0 Å². The van der Waals surface area contributed by atoms with Gasteiger partial charge in [-0.2, -0.15) is 0 Å². The van der Waals surface area contributed by atoms with Crippen LogP contribution in [0.2, 0.25) is 5.02 Å². The third-order valence-electron chi connectivity index (χ3n) is 3.63. The molecule has 0 unspecified atom stereocenters. The maximum Gasteiger partial charge on any atom is 0.238 e. The predicted molar refractivity (Wildman–Crippen MR) is 87.0 cm³/mol. The number of carbonyl (C=O) groups is 2. The zero-order valence-corrected chi connectivity index (χ0v) is 13.4. The van der Waals surface area contributed by atoms with Gasteiger partial charge in [0.05, 0.1) is 23.8 Å². The lowest BCUT2D eigenvalue weighted by Crippen LogP contribution is -2.50. The first-order valence-electron chi connectivity index (χ1n) is 7.28. The Kier molecular flexibility index (Phi) is 6.18. The van der Waals surface area contributed by atoms with Crippen molar-refractivity contribution in [1.29, 1.82) is 0 Å². The molecule has 22 heavy (non-hydrogen) atoms. The highest BCUT2D eigenvalue weighted by atomic mass is 35.5. The van der Waals surface area contributed by atoms with Crippen LogP contribution >= 0.6 is 11.6 Å². The van der Waals surface area contributed by atoms with Crippen molar-refractivity contribution in [2.45, 2.75) is 0 Å². The quantitative estimate of drug-likeness (QED) is 0.834. The minimum Gasteiger partial charge on any atom is -0.358 e. The number of rotatable bonds is 5. The van der Waals surface area contributed by atoms with Crippen molar-refractivity contribution in [2.75, 3.05) is 51.6 Å². The molecule has 2 amide bonds. The number of benzene rings is 1. The fourth-order valence-corrected chi connectivity index (χ4v) is 2.53. The Balaban J connectivity index is 1.75. The van der Waals surface area contributed by atoms with Crippen LogP contribution in [0.3, 0.4) is 0 Å². The Morgan fingerprint density at radius 2 is 1.59 bits per heavy atom. The molecule has 120 valence electrons. The molecule has 1 fully saturated rings. The monoisotopic (exact) mass is 324 g/mol. The Bertz CT molecular complexity index is 530. The molecule has 0 aliphatic carbocycles. The third kappa shape index (κ3) is 4.98. The maximum absolute atomic E-state index is 12.0. The van der Waals surface area contributed by atoms with Crippen LogP contribution in [0.1, 0.15) is 0 Å². The number of halogens is 1. The lowest BCUT2D eigenvalue weighted by atomic mass is 10.3. The fourth-order valence-electron chi connectivity index (χ4n) is 2.34. The van der Waals surface area contributed by atoms with Crippen LogP contribution in [0.4, 0.5) is 5.69 Å². The van der Waals surface area contributed by atoms with Crippen molar-refractivity contribution >= 4 is 29.1 Å². The second-order valence-corrected chi connectivity index (χ2v) is 5.66. The van der Waals surface area contributed by atoms with E-state index in [0.717, 1.165) is 26.2 Å². The molecule has 1 aromatic carbocycles. The van der Waals surface area contributed by atoms with E-state index in [4.69, 9.17) is 11.6 Å². The minimum atomic E-state index is -0.0761. The Morgan fingerprint density at radius 3 is 2.14 bits per heavy atom. The molecule has 0 spiro atoms. The number of nitrogens with zero attached hydrogens (tertiary/aromatic N) is 2. The summed E-state index contributed by atoms with van der Waals surface area (Å²) < 4.78 is 0. The van der Waals surface area contributed by atoms with Crippen molar-refractivity contribution in [1.82, 2.24) is 15.1 Å². The van der Waals surface area contributed by atoms with Crippen LogP contribution in [0.15, 0.2) is 24.3 Å². The summed E-state index contributed by atoms with van der Waals surface area (Å²) in [6.07, 6.45) is 0. The van der Waals surface area contributed by atoms with E-state index in [1.54, 1.807) is 19.2 Å². The minimum absolute atomic E-state index is 0.0184. The average Bonchev–Trinajstić information content (AvgIpc) is 2.51. The van der Waals surface area contributed by atoms with Gasteiger partial charge in [0.15, 0.2) is 0 Å². The molecular formula is C15H21ClN4O2. The topological polar surface area (TPSA) is 64.7 Å². The number of hydrogen-bond acceptors (Lipinski definition) is 4. The van der Waals surface area contributed by atoms with Gasteiger partial charge >= 0.3 is 0 Å². The number of likely N-dealkylation sites (N-methyl/N-ethyl adjacent to an activating group) is 1. The molecule has 1 aliphatic rings. The van der Waals surface area contributed by atoms with Crippen molar-refractivity contribution in [3.63, 3.8) is 0 Å². The maximum atomic E-state index is 12.0. The largest absolute Gasteiger partial charge is 0.358 e. The molecule has 0 aromatic heterocycles. The number of carbonyl (C=O) groups excluding carboxylic acids is 2. The molecular weight excluding hydrogens is 304 g/mol. The lowest BCUT2D eigenvalue weighted by molar-refractivity contribution is -0.123. The van der Waals surface area contributed by atoms with Gasteiger partial charge in [0.1, 0.15) is 0 Å². The molecule has 2 N–H and O–H groups in total. The first kappa shape index (κ1) is 16.7. The number of amides is 2. The zero-order chi connectivity index (χ0) is 15.9. The van der Waals surface area contributed by atoms with Gasteiger partial charge in [0.25, 0.3) is 0 Å². The molecule has 1 heterocycles. The molecule has 1 aromatic rings. The SMILES string of the molecule is CNC(=O)CN1CCN(CC(=O)Nc2ccccc2Cl)CC1. The predicted octanol–water partition coefficient (Wildman–Crippen LogP) is 0.642. The fraction of sp³-hybridized carbons (Fsp3) is 0.467. The van der Waals surface area contributed by atoms with Gasteiger partial charge in [-0.3, -0.25) is 19.4 Å². The molecule has 7 heteroatoms. The molecule has 1 aliphatic heterocycles. The highest BCUT2D eigenvalue weighted by Gasteiger charge is 2.20. The Labute approximate surface area is 135 Å². The summed E-state index contributed by atoms with van der Waals surface area (Å²) in [5.41, 5.74) is 0.632. The molecule has 1 saturated heterocycles. The number of para-hydroxylation sites is 1. The normalized spacial score (nSPS) is 16.3. The first-order valence-corrected chi connectivity index (χ1v) is 7.66.